The van der Waals surface area contributed by atoms with Crippen molar-refractivity contribution in [2.24, 2.45) is 11.8 Å². The molecule has 0 saturated heterocycles. The molecule has 0 aromatic heterocycles. The second-order valence-corrected chi connectivity index (χ2v) is 10.4. The van der Waals surface area contributed by atoms with Gasteiger partial charge in [0.15, 0.2) is 0 Å². The Labute approximate surface area is 218 Å². The molecule has 0 aromatic rings. The summed E-state index contributed by atoms with van der Waals surface area (Å²) in [5.41, 5.74) is 0. The minimum Gasteiger partial charge on any atom is -0.466 e. The maximum Gasteiger partial charge on any atom is 0.309 e. The van der Waals surface area contributed by atoms with Crippen molar-refractivity contribution in [1.82, 2.24) is 0 Å². The molecule has 0 saturated carbocycles. The summed E-state index contributed by atoms with van der Waals surface area (Å²) in [4.78, 5) is 24.0. The van der Waals surface area contributed by atoms with Crippen LogP contribution in [0.1, 0.15) is 163 Å². The first-order chi connectivity index (χ1) is 17.1. The first-order valence-electron chi connectivity index (χ1n) is 15.4. The van der Waals surface area contributed by atoms with Crippen LogP contribution in [-0.4, -0.2) is 25.2 Å². The summed E-state index contributed by atoms with van der Waals surface area (Å²) in [6.45, 7) is 9.76. The number of carbonyl (C=O) groups is 2. The lowest BCUT2D eigenvalue weighted by Gasteiger charge is -2.23. The molecule has 0 fully saturated rings. The predicted molar refractivity (Wildman–Crippen MR) is 149 cm³/mol. The summed E-state index contributed by atoms with van der Waals surface area (Å²) in [5.74, 6) is 0.587. The highest BCUT2D eigenvalue weighted by Crippen LogP contribution is 2.27. The third kappa shape index (κ3) is 20.8. The van der Waals surface area contributed by atoms with E-state index in [0.717, 1.165) is 57.8 Å². The van der Waals surface area contributed by atoms with E-state index in [0.29, 0.717) is 25.6 Å². The van der Waals surface area contributed by atoms with Crippen molar-refractivity contribution in [3.05, 3.63) is 0 Å². The van der Waals surface area contributed by atoms with Gasteiger partial charge < -0.3 is 9.47 Å². The Bertz CT molecular complexity index is 477. The molecule has 0 spiro atoms. The molecule has 0 aromatic carbocycles. The number of unbranched alkanes of at least 4 members (excludes halogenated alkanes) is 14. The maximum absolute atomic E-state index is 12.4. The molecule has 0 bridgehead atoms. The number of rotatable bonds is 26. The largest absolute Gasteiger partial charge is 0.466 e. The topological polar surface area (TPSA) is 52.6 Å². The Morgan fingerprint density at radius 3 is 1.46 bits per heavy atom. The zero-order valence-electron chi connectivity index (χ0n) is 24.1. The van der Waals surface area contributed by atoms with Gasteiger partial charge in [-0.15, -0.1) is 0 Å². The van der Waals surface area contributed by atoms with Crippen LogP contribution in [0.4, 0.5) is 0 Å². The first kappa shape index (κ1) is 33.9. The van der Waals surface area contributed by atoms with Gasteiger partial charge in [0.05, 0.1) is 19.1 Å². The molecule has 0 amide bonds. The lowest BCUT2D eigenvalue weighted by atomic mass is 9.84. The van der Waals surface area contributed by atoms with Crippen LogP contribution in [0.15, 0.2) is 0 Å². The minimum atomic E-state index is -0.0173. The number of esters is 2. The fourth-order valence-corrected chi connectivity index (χ4v) is 4.83. The average Bonchev–Trinajstić information content (AvgIpc) is 2.85. The van der Waals surface area contributed by atoms with Gasteiger partial charge in [-0.05, 0) is 38.0 Å². The molecule has 2 atom stereocenters. The Morgan fingerprint density at radius 2 is 1.00 bits per heavy atom. The Hall–Kier alpha value is -1.06. The lowest BCUT2D eigenvalue weighted by Crippen LogP contribution is -2.25. The number of ether oxygens (including phenoxy) is 2. The van der Waals surface area contributed by atoms with Crippen molar-refractivity contribution in [3.8, 4) is 0 Å². The third-order valence-corrected chi connectivity index (χ3v) is 7.29. The van der Waals surface area contributed by atoms with E-state index in [1.54, 1.807) is 0 Å². The molecule has 2 unspecified atom stereocenters. The zero-order valence-corrected chi connectivity index (χ0v) is 24.1. The van der Waals surface area contributed by atoms with Gasteiger partial charge in [-0.3, -0.25) is 9.59 Å². The van der Waals surface area contributed by atoms with Crippen molar-refractivity contribution in [2.45, 2.75) is 163 Å². The molecule has 0 heterocycles. The predicted octanol–water partition coefficient (Wildman–Crippen LogP) is 9.58. The Kier molecular flexibility index (Phi) is 25.2. The van der Waals surface area contributed by atoms with E-state index >= 15 is 0 Å². The molecule has 4 heteroatoms. The van der Waals surface area contributed by atoms with Crippen LogP contribution in [-0.2, 0) is 19.1 Å². The summed E-state index contributed by atoms with van der Waals surface area (Å²) in [6, 6.07) is 0. The molecular weight excluding hydrogens is 436 g/mol. The van der Waals surface area contributed by atoms with Gasteiger partial charge in [0.2, 0.25) is 0 Å². The van der Waals surface area contributed by atoms with Crippen molar-refractivity contribution < 1.29 is 19.1 Å². The highest BCUT2D eigenvalue weighted by atomic mass is 16.5. The molecule has 0 rings (SSSR count). The van der Waals surface area contributed by atoms with E-state index in [-0.39, 0.29) is 17.9 Å². The van der Waals surface area contributed by atoms with Gasteiger partial charge in [0.25, 0.3) is 0 Å². The van der Waals surface area contributed by atoms with Gasteiger partial charge >= 0.3 is 11.9 Å². The van der Waals surface area contributed by atoms with Crippen molar-refractivity contribution >= 4 is 11.9 Å². The van der Waals surface area contributed by atoms with Gasteiger partial charge in [-0.25, -0.2) is 0 Å². The van der Waals surface area contributed by atoms with Crippen LogP contribution in [0.25, 0.3) is 0 Å². The van der Waals surface area contributed by atoms with Crippen LogP contribution < -0.4 is 0 Å². The highest BCUT2D eigenvalue weighted by Gasteiger charge is 2.26. The zero-order chi connectivity index (χ0) is 26.0. The third-order valence-electron chi connectivity index (χ3n) is 7.29. The van der Waals surface area contributed by atoms with Crippen molar-refractivity contribution in [3.63, 3.8) is 0 Å². The van der Waals surface area contributed by atoms with Gasteiger partial charge in [0.1, 0.15) is 0 Å². The maximum atomic E-state index is 12.4. The fourth-order valence-electron chi connectivity index (χ4n) is 4.83. The number of carbonyl (C=O) groups excluding carboxylic acids is 2. The summed E-state index contributed by atoms with van der Waals surface area (Å²) in [5, 5.41) is 0. The van der Waals surface area contributed by atoms with Crippen LogP contribution >= 0.6 is 0 Å². The first-order valence-corrected chi connectivity index (χ1v) is 15.4. The Balaban J connectivity index is 3.55. The van der Waals surface area contributed by atoms with E-state index in [2.05, 4.69) is 27.7 Å². The van der Waals surface area contributed by atoms with Crippen LogP contribution in [0.5, 0.6) is 0 Å². The van der Waals surface area contributed by atoms with Crippen LogP contribution in [0.2, 0.25) is 0 Å². The van der Waals surface area contributed by atoms with Crippen LogP contribution in [0, 0.1) is 11.8 Å². The smallest absolute Gasteiger partial charge is 0.309 e. The molecule has 0 aliphatic carbocycles. The molecule has 0 aliphatic rings. The average molecular weight is 497 g/mol. The summed E-state index contributed by atoms with van der Waals surface area (Å²) in [6.07, 6.45) is 24.5. The van der Waals surface area contributed by atoms with Crippen LogP contribution in [0.3, 0.4) is 0 Å². The van der Waals surface area contributed by atoms with E-state index in [4.69, 9.17) is 9.47 Å². The summed E-state index contributed by atoms with van der Waals surface area (Å²) in [7, 11) is 0. The van der Waals surface area contributed by atoms with Gasteiger partial charge in [0, 0.05) is 6.42 Å². The fraction of sp³-hybridized carbons (Fsp3) is 0.935. The molecule has 0 N–H and O–H groups in total. The molecule has 35 heavy (non-hydrogen) atoms. The van der Waals surface area contributed by atoms with Gasteiger partial charge in [-0.1, -0.05) is 124 Å². The Morgan fingerprint density at radius 1 is 0.543 bits per heavy atom. The van der Waals surface area contributed by atoms with E-state index in [9.17, 15) is 9.59 Å². The molecule has 4 nitrogen and oxygen atoms in total. The summed E-state index contributed by atoms with van der Waals surface area (Å²) < 4.78 is 10.7. The molecule has 208 valence electrons. The van der Waals surface area contributed by atoms with Crippen molar-refractivity contribution in [2.75, 3.05) is 13.2 Å². The minimum absolute atomic E-state index is 0.0173. The number of hydrogen-bond acceptors (Lipinski definition) is 4. The van der Waals surface area contributed by atoms with Gasteiger partial charge in [-0.2, -0.15) is 0 Å². The molecular formula is C31H60O4. The number of hydrogen-bond donors (Lipinski definition) is 0. The monoisotopic (exact) mass is 496 g/mol. The lowest BCUT2D eigenvalue weighted by molar-refractivity contribution is -0.151. The summed E-state index contributed by atoms with van der Waals surface area (Å²) >= 11 is 0. The van der Waals surface area contributed by atoms with E-state index < -0.39 is 0 Å². The van der Waals surface area contributed by atoms with E-state index in [1.165, 1.54) is 70.6 Å². The quantitative estimate of drug-likeness (QED) is 0.0883. The highest BCUT2D eigenvalue weighted by molar-refractivity contribution is 5.72. The SMILES string of the molecule is CCCCOC(=O)CCCCCCCCCCCCCCCC(CC)C(CC)C(=O)OCCCC. The second-order valence-electron chi connectivity index (χ2n) is 10.4. The van der Waals surface area contributed by atoms with Crippen molar-refractivity contribution in [1.29, 1.82) is 0 Å². The normalized spacial score (nSPS) is 12.9. The second kappa shape index (κ2) is 26.0. The van der Waals surface area contributed by atoms with E-state index in [1.807, 2.05) is 0 Å². The molecule has 0 aliphatic heterocycles. The molecule has 0 radical (unpaired) electrons. The standard InChI is InChI=1S/C31H60O4/c1-5-9-26-34-30(32)25-23-21-19-17-15-13-11-12-14-16-18-20-22-24-28(7-3)29(8-4)31(33)35-27-10-6-2/h28-29H,5-27H2,1-4H3.